The highest BCUT2D eigenvalue weighted by Crippen LogP contribution is 2.60. The molecule has 0 heterocycles. The maximum absolute atomic E-state index is 11.5. The van der Waals surface area contributed by atoms with Gasteiger partial charge in [0.05, 0.1) is 12.5 Å². The van der Waals surface area contributed by atoms with Crippen molar-refractivity contribution in [2.24, 2.45) is 5.41 Å². The number of methoxy groups -OCH3 is 1. The highest BCUT2D eigenvalue weighted by Gasteiger charge is 2.57. The lowest BCUT2D eigenvalue weighted by Gasteiger charge is -2.22. The van der Waals surface area contributed by atoms with E-state index in [1.54, 1.807) is 0 Å². The number of esters is 1. The first-order chi connectivity index (χ1) is 5.60. The summed E-state index contributed by atoms with van der Waals surface area (Å²) >= 11 is 3.71. The van der Waals surface area contributed by atoms with Crippen LogP contribution in [-0.4, -0.2) is 17.4 Å². The van der Waals surface area contributed by atoms with Crippen LogP contribution in [-0.2, 0) is 9.53 Å². The highest BCUT2D eigenvalue weighted by molar-refractivity contribution is 9.10. The first-order valence-electron chi connectivity index (χ1n) is 4.38. The number of carbonyl (C=O) groups is 1. The van der Waals surface area contributed by atoms with Gasteiger partial charge in [0.15, 0.2) is 0 Å². The molecule has 0 amide bonds. The Balaban J connectivity index is 2.20. The van der Waals surface area contributed by atoms with E-state index in [0.29, 0.717) is 0 Å². The molecule has 3 heteroatoms. The second-order valence-electron chi connectivity index (χ2n) is 4.10. The molecule has 2 nitrogen and oxygen atoms in total. The van der Waals surface area contributed by atoms with Crippen molar-refractivity contribution in [2.75, 3.05) is 7.11 Å². The zero-order valence-electron chi connectivity index (χ0n) is 7.23. The minimum absolute atomic E-state index is 0.00123. The maximum Gasteiger partial charge on any atom is 0.311 e. The summed E-state index contributed by atoms with van der Waals surface area (Å²) in [5, 5.41) is 0. The molecule has 0 saturated heterocycles. The highest BCUT2D eigenvalue weighted by atomic mass is 79.9. The molecule has 0 aromatic heterocycles. The van der Waals surface area contributed by atoms with Crippen molar-refractivity contribution in [1.29, 1.82) is 0 Å². The Hall–Kier alpha value is -0.0500. The van der Waals surface area contributed by atoms with Gasteiger partial charge in [-0.25, -0.2) is 0 Å². The Morgan fingerprint density at radius 2 is 1.92 bits per heavy atom. The predicted octanol–water partition coefficient (Wildman–Crippen LogP) is 2.26. The van der Waals surface area contributed by atoms with Crippen molar-refractivity contribution < 1.29 is 9.53 Å². The molecule has 0 unspecified atom stereocenters. The second-order valence-corrected chi connectivity index (χ2v) is 5.78. The molecule has 0 radical (unpaired) electrons. The minimum atomic E-state index is -0.127. The zero-order chi connectivity index (χ0) is 8.82. The SMILES string of the molecule is COC(=O)C12CCC(Br)(CC1)C2. The van der Waals surface area contributed by atoms with E-state index in [2.05, 4.69) is 15.9 Å². The fourth-order valence-corrected chi connectivity index (χ4v) is 3.56. The van der Waals surface area contributed by atoms with Gasteiger partial charge in [0.25, 0.3) is 0 Å². The summed E-state index contributed by atoms with van der Waals surface area (Å²) in [7, 11) is 1.49. The van der Waals surface area contributed by atoms with Gasteiger partial charge in [-0.1, -0.05) is 15.9 Å². The Morgan fingerprint density at radius 1 is 1.33 bits per heavy atom. The molecular weight excluding hydrogens is 220 g/mol. The zero-order valence-corrected chi connectivity index (χ0v) is 8.82. The van der Waals surface area contributed by atoms with Crippen LogP contribution in [0.1, 0.15) is 32.1 Å². The standard InChI is InChI=1S/C9H13BrO2/c1-12-7(11)8-2-4-9(10,6-8)5-3-8/h2-6H2,1H3. The van der Waals surface area contributed by atoms with Crippen molar-refractivity contribution in [3.63, 3.8) is 0 Å². The number of fused-ring (bicyclic) bond motifs is 2. The summed E-state index contributed by atoms with van der Waals surface area (Å²) in [5.41, 5.74) is -0.127. The lowest BCUT2D eigenvalue weighted by atomic mass is 9.84. The minimum Gasteiger partial charge on any atom is -0.469 e. The molecule has 0 N–H and O–H groups in total. The van der Waals surface area contributed by atoms with Gasteiger partial charge in [-0.15, -0.1) is 0 Å². The van der Waals surface area contributed by atoms with Crippen LogP contribution in [0.25, 0.3) is 0 Å². The molecule has 0 aromatic rings. The van der Waals surface area contributed by atoms with Crippen LogP contribution < -0.4 is 0 Å². The number of halogens is 1. The molecule has 2 bridgehead atoms. The first-order valence-corrected chi connectivity index (χ1v) is 5.17. The van der Waals surface area contributed by atoms with Gasteiger partial charge >= 0.3 is 5.97 Å². The predicted molar refractivity (Wildman–Crippen MR) is 49.2 cm³/mol. The Labute approximate surface area is 80.8 Å². The van der Waals surface area contributed by atoms with Crippen LogP contribution in [0.2, 0.25) is 0 Å². The van der Waals surface area contributed by atoms with Gasteiger partial charge in [0.2, 0.25) is 0 Å². The Bertz CT molecular complexity index is 217. The van der Waals surface area contributed by atoms with Crippen LogP contribution in [0, 0.1) is 5.41 Å². The van der Waals surface area contributed by atoms with Crippen molar-refractivity contribution in [3.8, 4) is 0 Å². The summed E-state index contributed by atoms with van der Waals surface area (Å²) in [6.07, 6.45) is 5.24. The average Bonchev–Trinajstić information content (AvgIpc) is 2.57. The van der Waals surface area contributed by atoms with E-state index in [0.717, 1.165) is 32.1 Å². The van der Waals surface area contributed by atoms with E-state index < -0.39 is 0 Å². The summed E-state index contributed by atoms with van der Waals surface area (Å²) in [6.45, 7) is 0. The molecule has 68 valence electrons. The number of ether oxygens (including phenoxy) is 1. The lowest BCUT2D eigenvalue weighted by Crippen LogP contribution is -2.27. The van der Waals surface area contributed by atoms with Gasteiger partial charge < -0.3 is 4.74 Å². The van der Waals surface area contributed by atoms with Crippen molar-refractivity contribution in [3.05, 3.63) is 0 Å². The van der Waals surface area contributed by atoms with Crippen LogP contribution in [0.3, 0.4) is 0 Å². The van der Waals surface area contributed by atoms with Crippen LogP contribution in [0.15, 0.2) is 0 Å². The number of hydrogen-bond acceptors (Lipinski definition) is 2. The largest absolute Gasteiger partial charge is 0.469 e. The smallest absolute Gasteiger partial charge is 0.311 e. The number of carbonyl (C=O) groups excluding carboxylic acids is 1. The molecule has 2 saturated carbocycles. The number of alkyl halides is 1. The van der Waals surface area contributed by atoms with Crippen LogP contribution in [0.4, 0.5) is 0 Å². The molecule has 2 fully saturated rings. The molecule has 2 aliphatic rings. The van der Waals surface area contributed by atoms with Crippen molar-refractivity contribution in [2.45, 2.75) is 36.4 Å². The van der Waals surface area contributed by atoms with E-state index in [9.17, 15) is 4.79 Å². The summed E-state index contributed by atoms with van der Waals surface area (Å²) < 4.78 is 5.11. The molecule has 0 atom stereocenters. The second kappa shape index (κ2) is 2.47. The van der Waals surface area contributed by atoms with Crippen molar-refractivity contribution in [1.82, 2.24) is 0 Å². The van der Waals surface area contributed by atoms with Crippen LogP contribution >= 0.6 is 15.9 Å². The third kappa shape index (κ3) is 1.02. The fourth-order valence-electron chi connectivity index (χ4n) is 2.63. The van der Waals surface area contributed by atoms with E-state index in [1.807, 2.05) is 0 Å². The molecule has 0 aliphatic heterocycles. The molecule has 2 rings (SSSR count). The van der Waals surface area contributed by atoms with Gasteiger partial charge in [-0.2, -0.15) is 0 Å². The number of hydrogen-bond donors (Lipinski definition) is 0. The van der Waals surface area contributed by atoms with Crippen LogP contribution in [0.5, 0.6) is 0 Å². The average molecular weight is 233 g/mol. The number of rotatable bonds is 1. The maximum atomic E-state index is 11.5. The molecule has 0 spiro atoms. The molecule has 0 aromatic carbocycles. The van der Waals surface area contributed by atoms with E-state index in [-0.39, 0.29) is 15.7 Å². The lowest BCUT2D eigenvalue weighted by molar-refractivity contribution is -0.152. The molecular formula is C9H13BrO2. The fraction of sp³-hybridized carbons (Fsp3) is 0.889. The molecule has 12 heavy (non-hydrogen) atoms. The topological polar surface area (TPSA) is 26.3 Å². The van der Waals surface area contributed by atoms with Crippen molar-refractivity contribution >= 4 is 21.9 Å². The quantitative estimate of drug-likeness (QED) is 0.513. The van der Waals surface area contributed by atoms with E-state index in [4.69, 9.17) is 4.74 Å². The first kappa shape index (κ1) is 8.54. The third-order valence-electron chi connectivity index (χ3n) is 3.38. The summed E-state index contributed by atoms with van der Waals surface area (Å²) in [6, 6.07) is 0. The summed E-state index contributed by atoms with van der Waals surface area (Å²) in [4.78, 5) is 11.5. The summed E-state index contributed by atoms with van der Waals surface area (Å²) in [5.74, 6) is 0.00123. The van der Waals surface area contributed by atoms with Gasteiger partial charge in [-0.3, -0.25) is 4.79 Å². The molecule has 2 aliphatic carbocycles. The monoisotopic (exact) mass is 232 g/mol. The van der Waals surface area contributed by atoms with Gasteiger partial charge in [-0.05, 0) is 32.1 Å². The normalized spacial score (nSPS) is 44.8. The van der Waals surface area contributed by atoms with Gasteiger partial charge in [0, 0.05) is 4.32 Å². The Kier molecular flexibility index (Phi) is 1.76. The third-order valence-corrected chi connectivity index (χ3v) is 4.45. The van der Waals surface area contributed by atoms with Gasteiger partial charge in [0.1, 0.15) is 0 Å². The van der Waals surface area contributed by atoms with E-state index >= 15 is 0 Å². The Morgan fingerprint density at radius 3 is 2.25 bits per heavy atom. The van der Waals surface area contributed by atoms with E-state index in [1.165, 1.54) is 7.11 Å².